The van der Waals surface area contributed by atoms with Crippen molar-refractivity contribution in [1.82, 2.24) is 4.98 Å². The summed E-state index contributed by atoms with van der Waals surface area (Å²) in [5.41, 5.74) is 1.28. The van der Waals surface area contributed by atoms with E-state index in [1.807, 2.05) is 11.3 Å². The number of rotatable bonds is 1. The summed E-state index contributed by atoms with van der Waals surface area (Å²) in [5.74, 6) is 0.844. The van der Waals surface area contributed by atoms with Crippen LogP contribution in [0.1, 0.15) is 47.2 Å². The van der Waals surface area contributed by atoms with Gasteiger partial charge < -0.3 is 0 Å². The molecule has 0 atom stereocenters. The van der Waals surface area contributed by atoms with Gasteiger partial charge in [-0.1, -0.05) is 12.8 Å². The molecule has 0 radical (unpaired) electrons. The van der Waals surface area contributed by atoms with Crippen LogP contribution in [0.2, 0.25) is 0 Å². The van der Waals surface area contributed by atoms with Gasteiger partial charge in [0.1, 0.15) is 0 Å². The van der Waals surface area contributed by atoms with E-state index in [1.165, 1.54) is 36.4 Å². The summed E-state index contributed by atoms with van der Waals surface area (Å²) in [6.45, 7) is 4.26. The van der Waals surface area contributed by atoms with E-state index in [2.05, 4.69) is 18.8 Å². The minimum absolute atomic E-state index is 0.844. The second-order valence-electron chi connectivity index (χ2n) is 3.66. The van der Waals surface area contributed by atoms with Crippen molar-refractivity contribution < 1.29 is 0 Å². The maximum atomic E-state index is 4.47. The Morgan fingerprint density at radius 2 is 1.92 bits per heavy atom. The van der Waals surface area contributed by atoms with Crippen molar-refractivity contribution >= 4 is 11.3 Å². The first kappa shape index (κ1) is 8.24. The van der Waals surface area contributed by atoms with Crippen molar-refractivity contribution in [3.63, 3.8) is 0 Å². The van der Waals surface area contributed by atoms with Crippen molar-refractivity contribution in [1.29, 1.82) is 0 Å². The zero-order chi connectivity index (χ0) is 8.55. The van der Waals surface area contributed by atoms with Crippen molar-refractivity contribution in [2.45, 2.75) is 45.4 Å². The molecule has 1 aliphatic carbocycles. The molecule has 0 aromatic carbocycles. The molecule has 66 valence electrons. The predicted octanol–water partition coefficient (Wildman–Crippen LogP) is 3.42. The molecule has 12 heavy (non-hydrogen) atoms. The molecular weight excluding hydrogens is 166 g/mol. The number of hydrogen-bond acceptors (Lipinski definition) is 2. The lowest BCUT2D eigenvalue weighted by Crippen LogP contribution is -1.90. The van der Waals surface area contributed by atoms with E-state index >= 15 is 0 Å². The third-order valence-corrected chi connectivity index (χ3v) is 3.90. The summed E-state index contributed by atoms with van der Waals surface area (Å²) >= 11 is 1.90. The van der Waals surface area contributed by atoms with Crippen LogP contribution in [0.4, 0.5) is 0 Å². The molecule has 1 aliphatic rings. The molecule has 1 aromatic heterocycles. The fourth-order valence-electron chi connectivity index (χ4n) is 2.11. The fourth-order valence-corrected chi connectivity index (χ4v) is 3.21. The van der Waals surface area contributed by atoms with Crippen molar-refractivity contribution in [2.75, 3.05) is 0 Å². The SMILES string of the molecule is Cc1nc(C)c(C2CCCC2)s1. The lowest BCUT2D eigenvalue weighted by Gasteiger charge is -2.05. The lowest BCUT2D eigenvalue weighted by molar-refractivity contribution is 0.730. The molecule has 1 saturated carbocycles. The van der Waals surface area contributed by atoms with Gasteiger partial charge in [0.25, 0.3) is 0 Å². The van der Waals surface area contributed by atoms with Crippen LogP contribution in [-0.2, 0) is 0 Å². The highest BCUT2D eigenvalue weighted by Gasteiger charge is 2.20. The van der Waals surface area contributed by atoms with Gasteiger partial charge in [0.05, 0.1) is 10.7 Å². The van der Waals surface area contributed by atoms with E-state index in [0.29, 0.717) is 0 Å². The molecule has 0 spiro atoms. The number of aromatic nitrogens is 1. The van der Waals surface area contributed by atoms with Crippen LogP contribution in [0, 0.1) is 13.8 Å². The Kier molecular flexibility index (Phi) is 2.18. The van der Waals surface area contributed by atoms with Crippen LogP contribution < -0.4 is 0 Å². The Labute approximate surface area is 77.8 Å². The molecule has 1 nitrogen and oxygen atoms in total. The predicted molar refractivity (Wildman–Crippen MR) is 52.8 cm³/mol. The smallest absolute Gasteiger partial charge is 0.0900 e. The van der Waals surface area contributed by atoms with Gasteiger partial charge in [0.2, 0.25) is 0 Å². The van der Waals surface area contributed by atoms with Crippen LogP contribution in [0.15, 0.2) is 0 Å². The number of nitrogens with zero attached hydrogens (tertiary/aromatic N) is 1. The molecule has 1 fully saturated rings. The third-order valence-electron chi connectivity index (χ3n) is 2.67. The number of aryl methyl sites for hydroxylation is 2. The molecule has 0 saturated heterocycles. The molecule has 0 bridgehead atoms. The highest BCUT2D eigenvalue weighted by atomic mass is 32.1. The second-order valence-corrected chi connectivity index (χ2v) is 4.90. The van der Waals surface area contributed by atoms with Crippen molar-refractivity contribution in [2.24, 2.45) is 0 Å². The third kappa shape index (κ3) is 1.40. The maximum absolute atomic E-state index is 4.47. The molecular formula is C10H15NS. The summed E-state index contributed by atoms with van der Waals surface area (Å²) in [6, 6.07) is 0. The lowest BCUT2D eigenvalue weighted by atomic mass is 10.1. The van der Waals surface area contributed by atoms with Gasteiger partial charge in [0.15, 0.2) is 0 Å². The standard InChI is InChI=1S/C10H15NS/c1-7-10(12-8(2)11-7)9-5-3-4-6-9/h9H,3-6H2,1-2H3. The molecule has 2 rings (SSSR count). The van der Waals surface area contributed by atoms with Gasteiger partial charge in [-0.3, -0.25) is 0 Å². The van der Waals surface area contributed by atoms with Crippen LogP contribution >= 0.6 is 11.3 Å². The molecule has 2 heteroatoms. The quantitative estimate of drug-likeness (QED) is 0.647. The van der Waals surface area contributed by atoms with E-state index < -0.39 is 0 Å². The number of thiazole rings is 1. The maximum Gasteiger partial charge on any atom is 0.0900 e. The molecule has 1 aromatic rings. The highest BCUT2D eigenvalue weighted by molar-refractivity contribution is 7.11. The summed E-state index contributed by atoms with van der Waals surface area (Å²) in [7, 11) is 0. The molecule has 0 N–H and O–H groups in total. The van der Waals surface area contributed by atoms with E-state index in [1.54, 1.807) is 4.88 Å². The van der Waals surface area contributed by atoms with Gasteiger partial charge in [-0.25, -0.2) is 4.98 Å². The molecule has 0 unspecified atom stereocenters. The van der Waals surface area contributed by atoms with Crippen LogP contribution in [0.25, 0.3) is 0 Å². The summed E-state index contributed by atoms with van der Waals surface area (Å²) in [4.78, 5) is 6.03. The zero-order valence-corrected chi connectivity index (χ0v) is 8.58. The van der Waals surface area contributed by atoms with Gasteiger partial charge >= 0.3 is 0 Å². The first-order valence-electron chi connectivity index (χ1n) is 4.71. The Bertz CT molecular complexity index is 271. The Morgan fingerprint density at radius 3 is 2.42 bits per heavy atom. The van der Waals surface area contributed by atoms with Crippen LogP contribution in [-0.4, -0.2) is 4.98 Å². The first-order chi connectivity index (χ1) is 5.77. The first-order valence-corrected chi connectivity index (χ1v) is 5.53. The highest BCUT2D eigenvalue weighted by Crippen LogP contribution is 2.38. The van der Waals surface area contributed by atoms with E-state index in [4.69, 9.17) is 0 Å². The minimum atomic E-state index is 0.844. The molecule has 1 heterocycles. The van der Waals surface area contributed by atoms with Crippen molar-refractivity contribution in [3.8, 4) is 0 Å². The Balaban J connectivity index is 2.25. The zero-order valence-electron chi connectivity index (χ0n) is 7.76. The normalized spacial score (nSPS) is 18.8. The van der Waals surface area contributed by atoms with E-state index in [9.17, 15) is 0 Å². The van der Waals surface area contributed by atoms with Gasteiger partial charge in [-0.05, 0) is 32.6 Å². The monoisotopic (exact) mass is 181 g/mol. The largest absolute Gasteiger partial charge is 0.247 e. The van der Waals surface area contributed by atoms with Gasteiger partial charge in [-0.2, -0.15) is 0 Å². The Morgan fingerprint density at radius 1 is 1.25 bits per heavy atom. The van der Waals surface area contributed by atoms with Crippen molar-refractivity contribution in [3.05, 3.63) is 15.6 Å². The number of hydrogen-bond donors (Lipinski definition) is 0. The van der Waals surface area contributed by atoms with Crippen LogP contribution in [0.5, 0.6) is 0 Å². The van der Waals surface area contributed by atoms with E-state index in [0.717, 1.165) is 5.92 Å². The molecule has 0 aliphatic heterocycles. The molecule has 0 amide bonds. The summed E-state index contributed by atoms with van der Waals surface area (Å²) in [6.07, 6.45) is 5.62. The van der Waals surface area contributed by atoms with Gasteiger partial charge in [-0.15, -0.1) is 11.3 Å². The topological polar surface area (TPSA) is 12.9 Å². The Hall–Kier alpha value is -0.370. The van der Waals surface area contributed by atoms with E-state index in [-0.39, 0.29) is 0 Å². The van der Waals surface area contributed by atoms with Gasteiger partial charge in [0, 0.05) is 4.88 Å². The fraction of sp³-hybridized carbons (Fsp3) is 0.700. The summed E-state index contributed by atoms with van der Waals surface area (Å²) < 4.78 is 0. The average molecular weight is 181 g/mol. The minimum Gasteiger partial charge on any atom is -0.247 e. The van der Waals surface area contributed by atoms with Crippen LogP contribution in [0.3, 0.4) is 0 Å². The average Bonchev–Trinajstić information content (AvgIpc) is 2.58. The summed E-state index contributed by atoms with van der Waals surface area (Å²) in [5, 5.41) is 1.23. The second kappa shape index (κ2) is 3.17.